The van der Waals surface area contributed by atoms with Gasteiger partial charge in [0.05, 0.1) is 28.7 Å². The monoisotopic (exact) mass is 400 g/mol. The normalized spacial score (nSPS) is 11.3. The van der Waals surface area contributed by atoms with Crippen molar-refractivity contribution >= 4 is 22.9 Å². The molecule has 30 heavy (non-hydrogen) atoms. The van der Waals surface area contributed by atoms with Gasteiger partial charge in [-0.25, -0.2) is 14.8 Å². The highest BCUT2D eigenvalue weighted by Gasteiger charge is 2.15. The molecule has 4 aromatic rings. The quantitative estimate of drug-likeness (QED) is 0.421. The van der Waals surface area contributed by atoms with Crippen LogP contribution >= 0.6 is 0 Å². The predicted molar refractivity (Wildman–Crippen MR) is 115 cm³/mol. The molecule has 0 spiro atoms. The lowest BCUT2D eigenvalue weighted by molar-refractivity contribution is 0.0950. The Morgan fingerprint density at radius 1 is 1.00 bits per heavy atom. The smallest absolute Gasteiger partial charge is 0.267 e. The van der Waals surface area contributed by atoms with E-state index in [9.17, 15) is 9.59 Å². The van der Waals surface area contributed by atoms with Crippen LogP contribution in [0.2, 0.25) is 0 Å². The first kappa shape index (κ1) is 19.3. The Labute approximate surface area is 172 Å². The lowest BCUT2D eigenvalue weighted by atomic mass is 10.1. The molecule has 0 saturated carbocycles. The first-order valence-corrected chi connectivity index (χ1v) is 9.38. The van der Waals surface area contributed by atoms with Gasteiger partial charge in [-0.2, -0.15) is 15.3 Å². The first-order valence-electron chi connectivity index (χ1n) is 9.38. The Balaban J connectivity index is 1.62. The van der Waals surface area contributed by atoms with Gasteiger partial charge in [-0.1, -0.05) is 36.4 Å². The molecule has 2 heterocycles. The molecule has 150 valence electrons. The molecule has 0 fully saturated rings. The molecular weight excluding hydrogens is 380 g/mol. The molecule has 0 atom stereocenters. The summed E-state index contributed by atoms with van der Waals surface area (Å²) in [5.41, 5.74) is 5.84. The van der Waals surface area contributed by atoms with Gasteiger partial charge in [-0.05, 0) is 32.0 Å². The fraction of sp³-hybridized carbons (Fsp3) is 0.136. The van der Waals surface area contributed by atoms with E-state index in [-0.39, 0.29) is 11.3 Å². The highest BCUT2D eigenvalue weighted by atomic mass is 16.2. The summed E-state index contributed by atoms with van der Waals surface area (Å²) in [6, 6.07) is 16.7. The molecule has 2 aromatic heterocycles. The van der Waals surface area contributed by atoms with Gasteiger partial charge < -0.3 is 0 Å². The number of carbonyl (C=O) groups is 1. The summed E-state index contributed by atoms with van der Waals surface area (Å²) in [4.78, 5) is 24.9. The third kappa shape index (κ3) is 3.39. The van der Waals surface area contributed by atoms with Crippen LogP contribution < -0.4 is 11.0 Å². The van der Waals surface area contributed by atoms with Crippen LogP contribution in [0.15, 0.2) is 64.5 Å². The number of aryl methyl sites for hydroxylation is 2. The third-order valence-electron chi connectivity index (χ3n) is 4.88. The van der Waals surface area contributed by atoms with Gasteiger partial charge in [-0.3, -0.25) is 9.59 Å². The SMILES string of the molecule is Cc1nn(-c2ccccc2)c(C)c1/C=N\NC(=O)c1nn(C)c(=O)c2ccccc12. The van der Waals surface area contributed by atoms with Crippen molar-refractivity contribution in [2.45, 2.75) is 13.8 Å². The van der Waals surface area contributed by atoms with Gasteiger partial charge in [0.25, 0.3) is 11.5 Å². The fourth-order valence-corrected chi connectivity index (χ4v) is 3.34. The van der Waals surface area contributed by atoms with Gasteiger partial charge in [0.1, 0.15) is 0 Å². The van der Waals surface area contributed by atoms with Crippen molar-refractivity contribution in [3.05, 3.63) is 87.6 Å². The minimum absolute atomic E-state index is 0.137. The Kier molecular flexibility index (Phi) is 4.97. The first-order chi connectivity index (χ1) is 14.5. The number of hydrazone groups is 1. The largest absolute Gasteiger partial charge is 0.292 e. The molecule has 2 aromatic carbocycles. The van der Waals surface area contributed by atoms with Gasteiger partial charge in [0.15, 0.2) is 5.69 Å². The number of rotatable bonds is 4. The molecule has 0 bridgehead atoms. The summed E-state index contributed by atoms with van der Waals surface area (Å²) in [5, 5.41) is 13.7. The molecule has 0 aliphatic heterocycles. The van der Waals surface area contributed by atoms with E-state index >= 15 is 0 Å². The third-order valence-corrected chi connectivity index (χ3v) is 4.88. The summed E-state index contributed by atoms with van der Waals surface area (Å²) in [6.45, 7) is 3.83. The maximum Gasteiger partial charge on any atom is 0.292 e. The Hall–Kier alpha value is -4.07. The molecule has 1 N–H and O–H groups in total. The van der Waals surface area contributed by atoms with E-state index in [1.54, 1.807) is 30.5 Å². The molecule has 0 unspecified atom stereocenters. The number of hydrogen-bond donors (Lipinski definition) is 1. The van der Waals surface area contributed by atoms with Crippen LogP contribution in [0.4, 0.5) is 0 Å². The number of amides is 1. The molecule has 4 rings (SSSR count). The zero-order chi connectivity index (χ0) is 21.3. The number of hydrogen-bond acceptors (Lipinski definition) is 5. The van der Waals surface area contributed by atoms with Crippen molar-refractivity contribution in [1.29, 1.82) is 0 Å². The Bertz CT molecular complexity index is 1340. The lowest BCUT2D eigenvalue weighted by Gasteiger charge is -2.06. The second kappa shape index (κ2) is 7.75. The molecule has 0 saturated heterocycles. The number of fused-ring (bicyclic) bond motifs is 1. The van der Waals surface area contributed by atoms with Gasteiger partial charge in [-0.15, -0.1) is 0 Å². The van der Waals surface area contributed by atoms with Crippen LogP contribution in [0.5, 0.6) is 0 Å². The summed E-state index contributed by atoms with van der Waals surface area (Å²) in [5.74, 6) is -0.496. The predicted octanol–water partition coefficient (Wildman–Crippen LogP) is 2.50. The number of nitrogens with zero attached hydrogens (tertiary/aromatic N) is 5. The van der Waals surface area contributed by atoms with Crippen molar-refractivity contribution in [2.75, 3.05) is 0 Å². The van der Waals surface area contributed by atoms with Crippen LogP contribution in [0.25, 0.3) is 16.5 Å². The van der Waals surface area contributed by atoms with Crippen molar-refractivity contribution in [3.8, 4) is 5.69 Å². The maximum atomic E-state index is 12.7. The Morgan fingerprint density at radius 2 is 1.67 bits per heavy atom. The molecule has 0 aliphatic rings. The minimum atomic E-state index is -0.496. The van der Waals surface area contributed by atoms with E-state index in [2.05, 4.69) is 20.7 Å². The van der Waals surface area contributed by atoms with Crippen LogP contribution in [0.1, 0.15) is 27.4 Å². The van der Waals surface area contributed by atoms with Crippen LogP contribution in [0, 0.1) is 13.8 Å². The van der Waals surface area contributed by atoms with Crippen LogP contribution in [-0.4, -0.2) is 31.7 Å². The molecular formula is C22H20N6O2. The molecule has 1 amide bonds. The Morgan fingerprint density at radius 3 is 2.40 bits per heavy atom. The van der Waals surface area contributed by atoms with Crippen molar-refractivity contribution in [2.24, 2.45) is 12.1 Å². The topological polar surface area (TPSA) is 94.2 Å². The van der Waals surface area contributed by atoms with Crippen LogP contribution in [0.3, 0.4) is 0 Å². The second-order valence-electron chi connectivity index (χ2n) is 6.85. The molecule has 0 aliphatic carbocycles. The lowest BCUT2D eigenvalue weighted by Crippen LogP contribution is -2.27. The summed E-state index contributed by atoms with van der Waals surface area (Å²) in [6.07, 6.45) is 1.57. The molecule has 8 nitrogen and oxygen atoms in total. The highest BCUT2D eigenvalue weighted by molar-refractivity contribution is 6.05. The number of nitrogens with one attached hydrogen (secondary N) is 1. The zero-order valence-electron chi connectivity index (χ0n) is 16.8. The average molecular weight is 400 g/mol. The van der Waals surface area contributed by atoms with Crippen molar-refractivity contribution in [1.82, 2.24) is 25.0 Å². The number of para-hydroxylation sites is 1. The summed E-state index contributed by atoms with van der Waals surface area (Å²) in [7, 11) is 1.51. The maximum absolute atomic E-state index is 12.7. The standard InChI is InChI=1S/C22H20N6O2/c1-14-19(15(2)28(25-14)16-9-5-4-6-10-16)13-23-24-21(29)20-17-11-7-8-12-18(17)22(30)27(3)26-20/h4-13H,1-3H3,(H,24,29)/b23-13-. The average Bonchev–Trinajstić information content (AvgIpc) is 3.05. The van der Waals surface area contributed by atoms with E-state index in [4.69, 9.17) is 0 Å². The molecule has 8 heteroatoms. The summed E-state index contributed by atoms with van der Waals surface area (Å²) >= 11 is 0. The summed E-state index contributed by atoms with van der Waals surface area (Å²) < 4.78 is 2.99. The van der Waals surface area contributed by atoms with E-state index in [0.717, 1.165) is 27.3 Å². The minimum Gasteiger partial charge on any atom is -0.267 e. The van der Waals surface area contributed by atoms with E-state index in [0.29, 0.717) is 10.8 Å². The van der Waals surface area contributed by atoms with Gasteiger partial charge in [0, 0.05) is 18.0 Å². The van der Waals surface area contributed by atoms with E-state index < -0.39 is 5.91 Å². The number of aromatic nitrogens is 4. The zero-order valence-corrected chi connectivity index (χ0v) is 16.8. The van der Waals surface area contributed by atoms with Gasteiger partial charge >= 0.3 is 0 Å². The van der Waals surface area contributed by atoms with E-state index in [1.807, 2.05) is 48.9 Å². The molecule has 0 radical (unpaired) electrons. The van der Waals surface area contributed by atoms with E-state index in [1.165, 1.54) is 7.05 Å². The highest BCUT2D eigenvalue weighted by Crippen LogP contribution is 2.16. The number of benzene rings is 2. The van der Waals surface area contributed by atoms with Crippen molar-refractivity contribution in [3.63, 3.8) is 0 Å². The fourth-order valence-electron chi connectivity index (χ4n) is 3.34. The second-order valence-corrected chi connectivity index (χ2v) is 6.85. The van der Waals surface area contributed by atoms with Crippen molar-refractivity contribution < 1.29 is 4.79 Å². The van der Waals surface area contributed by atoms with Gasteiger partial charge in [0.2, 0.25) is 0 Å². The van der Waals surface area contributed by atoms with Crippen LogP contribution in [-0.2, 0) is 7.05 Å². The number of carbonyl (C=O) groups excluding carboxylic acids is 1.